The Labute approximate surface area is 190 Å². The molecule has 1 aliphatic rings. The maximum absolute atomic E-state index is 12.6. The van der Waals surface area contributed by atoms with Crippen LogP contribution in [0.15, 0.2) is 48.5 Å². The van der Waals surface area contributed by atoms with Crippen molar-refractivity contribution in [2.45, 2.75) is 25.7 Å². The minimum absolute atomic E-state index is 0.0174. The van der Waals surface area contributed by atoms with Crippen LogP contribution >= 0.6 is 0 Å². The van der Waals surface area contributed by atoms with Crippen molar-refractivity contribution >= 4 is 23.3 Å². The van der Waals surface area contributed by atoms with E-state index in [-0.39, 0.29) is 29.0 Å². The summed E-state index contributed by atoms with van der Waals surface area (Å²) >= 11 is 0. The number of amidine groups is 1. The lowest BCUT2D eigenvalue weighted by Crippen LogP contribution is -2.32. The lowest BCUT2D eigenvalue weighted by atomic mass is 9.84. The molecule has 1 saturated heterocycles. The van der Waals surface area contributed by atoms with E-state index in [1.807, 2.05) is 12.1 Å². The molecule has 2 aromatic rings. The van der Waals surface area contributed by atoms with Crippen molar-refractivity contribution in [3.8, 4) is 0 Å². The Morgan fingerprint density at radius 1 is 1.19 bits per heavy atom. The van der Waals surface area contributed by atoms with Gasteiger partial charge in [-0.15, -0.1) is 0 Å². The summed E-state index contributed by atoms with van der Waals surface area (Å²) < 4.78 is 0. The van der Waals surface area contributed by atoms with E-state index < -0.39 is 0 Å². The van der Waals surface area contributed by atoms with Crippen LogP contribution < -0.4 is 16.0 Å². The number of hydrogen-bond acceptors (Lipinski definition) is 4. The van der Waals surface area contributed by atoms with Gasteiger partial charge in [-0.3, -0.25) is 15.0 Å². The third kappa shape index (κ3) is 5.53. The zero-order valence-electron chi connectivity index (χ0n) is 19.3. The average Bonchev–Trinajstić information content (AvgIpc) is 3.11. The zero-order valence-corrected chi connectivity index (χ0v) is 19.3. The van der Waals surface area contributed by atoms with Crippen molar-refractivity contribution in [1.29, 1.82) is 5.41 Å². The van der Waals surface area contributed by atoms with Gasteiger partial charge in [0.05, 0.1) is 0 Å². The fourth-order valence-electron chi connectivity index (χ4n) is 4.31. The van der Waals surface area contributed by atoms with E-state index in [9.17, 15) is 9.59 Å². The van der Waals surface area contributed by atoms with Crippen molar-refractivity contribution in [3.05, 3.63) is 65.2 Å². The second-order valence-corrected chi connectivity index (χ2v) is 9.45. The van der Waals surface area contributed by atoms with Crippen LogP contribution in [0.3, 0.4) is 0 Å². The van der Waals surface area contributed by atoms with Crippen molar-refractivity contribution in [2.75, 3.05) is 38.6 Å². The van der Waals surface area contributed by atoms with Crippen LogP contribution in [0.1, 0.15) is 41.8 Å². The molecule has 1 atom stereocenters. The van der Waals surface area contributed by atoms with E-state index in [1.54, 1.807) is 29.2 Å². The van der Waals surface area contributed by atoms with Crippen LogP contribution in [-0.4, -0.2) is 56.3 Å². The van der Waals surface area contributed by atoms with Crippen LogP contribution in [0.5, 0.6) is 0 Å². The van der Waals surface area contributed by atoms with E-state index in [4.69, 9.17) is 11.1 Å². The predicted molar refractivity (Wildman–Crippen MR) is 128 cm³/mol. The van der Waals surface area contributed by atoms with E-state index >= 15 is 0 Å². The fraction of sp³-hybridized carbons (Fsp3) is 0.400. The van der Waals surface area contributed by atoms with Gasteiger partial charge in [-0.25, -0.2) is 0 Å². The molecule has 7 heteroatoms. The highest BCUT2D eigenvalue weighted by atomic mass is 16.2. The quantitative estimate of drug-likeness (QED) is 0.438. The number of nitrogens with zero attached hydrogens (tertiary/aromatic N) is 2. The molecule has 1 fully saturated rings. The molecule has 7 nitrogen and oxygen atoms in total. The van der Waals surface area contributed by atoms with Gasteiger partial charge in [-0.05, 0) is 43.9 Å². The number of nitrogens with one attached hydrogen (secondary N) is 2. The Bertz CT molecular complexity index is 998. The molecule has 3 rings (SSSR count). The van der Waals surface area contributed by atoms with Gasteiger partial charge >= 0.3 is 0 Å². The number of nitrogens with two attached hydrogens (primary N) is 1. The summed E-state index contributed by atoms with van der Waals surface area (Å²) in [6.45, 7) is 6.36. The molecule has 32 heavy (non-hydrogen) atoms. The van der Waals surface area contributed by atoms with Gasteiger partial charge in [0.15, 0.2) is 0 Å². The molecule has 170 valence electrons. The molecular weight excluding hydrogens is 402 g/mol. The largest absolute Gasteiger partial charge is 0.384 e. The Morgan fingerprint density at radius 2 is 1.84 bits per heavy atom. The molecule has 2 amide bonds. The third-order valence-electron chi connectivity index (χ3n) is 5.86. The molecule has 1 heterocycles. The Balaban J connectivity index is 1.60. The van der Waals surface area contributed by atoms with E-state index in [1.165, 1.54) is 5.56 Å². The first kappa shape index (κ1) is 23.5. The van der Waals surface area contributed by atoms with Gasteiger partial charge < -0.3 is 20.9 Å². The van der Waals surface area contributed by atoms with Crippen molar-refractivity contribution < 1.29 is 9.59 Å². The lowest BCUT2D eigenvalue weighted by Gasteiger charge is -2.29. The number of carbonyl (C=O) groups is 2. The summed E-state index contributed by atoms with van der Waals surface area (Å²) in [6, 6.07) is 14.9. The Kier molecular flexibility index (Phi) is 6.99. The van der Waals surface area contributed by atoms with E-state index in [2.05, 4.69) is 50.3 Å². The van der Waals surface area contributed by atoms with Gasteiger partial charge in [-0.2, -0.15) is 0 Å². The standard InChI is InChI=1S/C25H33N5O2/c1-25(2,16-29(3)4)20-8-10-21(11-9-20)30-15-17(12-22(30)31)14-28-24(32)19-7-5-6-18(13-19)23(26)27/h5-11,13,17H,12,14-16H2,1-4H3,(H3,26,27)(H,28,32). The van der Waals surface area contributed by atoms with E-state index in [0.29, 0.717) is 30.6 Å². The molecule has 0 spiro atoms. The van der Waals surface area contributed by atoms with Crippen LogP contribution in [0.25, 0.3) is 0 Å². The van der Waals surface area contributed by atoms with Crippen LogP contribution in [0.2, 0.25) is 0 Å². The zero-order chi connectivity index (χ0) is 23.5. The first-order valence-corrected chi connectivity index (χ1v) is 10.8. The number of benzene rings is 2. The smallest absolute Gasteiger partial charge is 0.251 e. The molecule has 0 aromatic heterocycles. The molecule has 0 aliphatic carbocycles. The maximum Gasteiger partial charge on any atom is 0.251 e. The summed E-state index contributed by atoms with van der Waals surface area (Å²) in [6.07, 6.45) is 0.404. The molecule has 0 radical (unpaired) electrons. The van der Waals surface area contributed by atoms with Crippen LogP contribution in [0, 0.1) is 11.3 Å². The summed E-state index contributed by atoms with van der Waals surface area (Å²) in [7, 11) is 4.13. The van der Waals surface area contributed by atoms with Crippen molar-refractivity contribution in [2.24, 2.45) is 11.7 Å². The van der Waals surface area contributed by atoms with Crippen LogP contribution in [0.4, 0.5) is 5.69 Å². The van der Waals surface area contributed by atoms with Gasteiger partial charge in [0, 0.05) is 54.2 Å². The van der Waals surface area contributed by atoms with Gasteiger partial charge in [-0.1, -0.05) is 38.1 Å². The molecule has 0 bridgehead atoms. The maximum atomic E-state index is 12.6. The molecule has 0 saturated carbocycles. The Morgan fingerprint density at radius 3 is 2.47 bits per heavy atom. The van der Waals surface area contributed by atoms with Crippen molar-refractivity contribution in [1.82, 2.24) is 10.2 Å². The predicted octanol–water partition coefficient (Wildman–Crippen LogP) is 2.59. The second kappa shape index (κ2) is 9.53. The number of anilines is 1. The summed E-state index contributed by atoms with van der Waals surface area (Å²) in [4.78, 5) is 29.1. The highest BCUT2D eigenvalue weighted by Crippen LogP contribution is 2.29. The molecule has 1 unspecified atom stereocenters. The van der Waals surface area contributed by atoms with Gasteiger partial charge in [0.2, 0.25) is 5.91 Å². The highest BCUT2D eigenvalue weighted by molar-refractivity contribution is 6.00. The average molecular weight is 436 g/mol. The number of rotatable bonds is 8. The number of likely N-dealkylation sites (N-methyl/N-ethyl adjacent to an activating group) is 1. The summed E-state index contributed by atoms with van der Waals surface area (Å²) in [5.74, 6) is -0.185. The minimum Gasteiger partial charge on any atom is -0.384 e. The van der Waals surface area contributed by atoms with Gasteiger partial charge in [0.1, 0.15) is 5.84 Å². The topological polar surface area (TPSA) is 103 Å². The normalized spacial score (nSPS) is 16.5. The molecule has 4 N–H and O–H groups in total. The minimum atomic E-state index is -0.230. The number of carbonyl (C=O) groups excluding carboxylic acids is 2. The monoisotopic (exact) mass is 435 g/mol. The van der Waals surface area contributed by atoms with E-state index in [0.717, 1.165) is 12.2 Å². The molecule has 1 aliphatic heterocycles. The highest BCUT2D eigenvalue weighted by Gasteiger charge is 2.31. The van der Waals surface area contributed by atoms with Gasteiger partial charge in [0.25, 0.3) is 5.91 Å². The SMILES string of the molecule is CN(C)CC(C)(C)c1ccc(N2CC(CNC(=O)c3cccc(C(=N)N)c3)CC2=O)cc1. The molecular formula is C25H33N5O2. The number of nitrogen functional groups attached to an aromatic ring is 1. The summed E-state index contributed by atoms with van der Waals surface area (Å²) in [5.41, 5.74) is 8.61. The second-order valence-electron chi connectivity index (χ2n) is 9.45. The Hall–Kier alpha value is -3.19. The fourth-order valence-corrected chi connectivity index (χ4v) is 4.31. The first-order chi connectivity index (χ1) is 15.1. The molecule has 2 aromatic carbocycles. The third-order valence-corrected chi connectivity index (χ3v) is 5.86. The van der Waals surface area contributed by atoms with Crippen molar-refractivity contribution in [3.63, 3.8) is 0 Å². The first-order valence-electron chi connectivity index (χ1n) is 10.8. The number of amides is 2. The summed E-state index contributed by atoms with van der Waals surface area (Å²) in [5, 5.41) is 10.4. The van der Waals surface area contributed by atoms with Crippen LogP contribution in [-0.2, 0) is 10.2 Å². The lowest BCUT2D eigenvalue weighted by molar-refractivity contribution is -0.117. The number of hydrogen-bond donors (Lipinski definition) is 3.